The highest BCUT2D eigenvalue weighted by Gasteiger charge is 2.19. The van der Waals surface area contributed by atoms with Crippen LogP contribution in [0.4, 0.5) is 0 Å². The van der Waals surface area contributed by atoms with E-state index in [4.69, 9.17) is 10.2 Å². The van der Waals surface area contributed by atoms with E-state index in [-0.39, 0.29) is 6.04 Å². The summed E-state index contributed by atoms with van der Waals surface area (Å²) in [4.78, 5) is 4.07. The third kappa shape index (κ3) is 1.65. The molecule has 3 aromatic rings. The van der Waals surface area contributed by atoms with Gasteiger partial charge in [-0.3, -0.25) is 4.98 Å². The number of nitrogens with two attached hydrogens (primary N) is 1. The minimum Gasteiger partial charge on any atom is -0.466 e. The lowest BCUT2D eigenvalue weighted by Crippen LogP contribution is -2.11. The molecule has 6 heteroatoms. The van der Waals surface area contributed by atoms with Crippen LogP contribution in [0.25, 0.3) is 5.52 Å². The number of hydrogen-bond acceptors (Lipinski definition) is 4. The van der Waals surface area contributed by atoms with Crippen LogP contribution in [-0.2, 0) is 0 Å². The van der Waals surface area contributed by atoms with Gasteiger partial charge in [-0.25, -0.2) is 4.52 Å². The smallest absolute Gasteiger partial charge is 0.139 e. The summed E-state index contributed by atoms with van der Waals surface area (Å²) in [6.07, 6.45) is 8.53. The molecule has 2 N–H and O–H groups in total. The summed E-state index contributed by atoms with van der Waals surface area (Å²) in [7, 11) is 0. The van der Waals surface area contributed by atoms with Gasteiger partial charge in [-0.2, -0.15) is 5.10 Å². The standard InChI is InChI=1S/C11H9BrN4O/c12-8-1-4-17-11(8)10(13)7-5-15-16-3-2-14-6-9(7)16/h1-6,10H,13H2. The van der Waals surface area contributed by atoms with Gasteiger partial charge in [0.25, 0.3) is 0 Å². The van der Waals surface area contributed by atoms with Crippen molar-refractivity contribution in [3.8, 4) is 0 Å². The molecule has 0 bridgehead atoms. The lowest BCUT2D eigenvalue weighted by molar-refractivity contribution is 0.488. The third-order valence-electron chi connectivity index (χ3n) is 2.62. The highest BCUT2D eigenvalue weighted by atomic mass is 79.9. The molecule has 0 fully saturated rings. The molecule has 0 spiro atoms. The first-order valence-corrected chi connectivity index (χ1v) is 5.82. The Labute approximate surface area is 105 Å². The van der Waals surface area contributed by atoms with Gasteiger partial charge in [0.2, 0.25) is 0 Å². The molecule has 17 heavy (non-hydrogen) atoms. The Kier molecular flexibility index (Phi) is 2.45. The molecule has 0 aliphatic carbocycles. The lowest BCUT2D eigenvalue weighted by Gasteiger charge is -2.07. The van der Waals surface area contributed by atoms with Crippen LogP contribution < -0.4 is 5.73 Å². The first-order chi connectivity index (χ1) is 8.27. The molecule has 3 aromatic heterocycles. The van der Waals surface area contributed by atoms with Gasteiger partial charge in [-0.1, -0.05) is 0 Å². The first-order valence-electron chi connectivity index (χ1n) is 5.03. The van der Waals surface area contributed by atoms with E-state index in [0.29, 0.717) is 5.76 Å². The summed E-state index contributed by atoms with van der Waals surface area (Å²) >= 11 is 3.40. The van der Waals surface area contributed by atoms with Crippen molar-refractivity contribution in [2.75, 3.05) is 0 Å². The van der Waals surface area contributed by atoms with Crippen molar-refractivity contribution in [2.24, 2.45) is 5.73 Å². The van der Waals surface area contributed by atoms with Gasteiger partial charge in [-0.05, 0) is 22.0 Å². The SMILES string of the molecule is NC(c1occc1Br)c1cnn2ccncc12. The molecule has 1 atom stereocenters. The van der Waals surface area contributed by atoms with E-state index in [9.17, 15) is 0 Å². The second-order valence-corrected chi connectivity index (χ2v) is 4.47. The van der Waals surface area contributed by atoms with Crippen molar-refractivity contribution in [3.63, 3.8) is 0 Å². The molecule has 0 saturated heterocycles. The van der Waals surface area contributed by atoms with Gasteiger partial charge < -0.3 is 10.2 Å². The van der Waals surface area contributed by atoms with Crippen molar-refractivity contribution in [3.05, 3.63) is 52.9 Å². The summed E-state index contributed by atoms with van der Waals surface area (Å²) in [6.45, 7) is 0. The highest BCUT2D eigenvalue weighted by molar-refractivity contribution is 9.10. The lowest BCUT2D eigenvalue weighted by atomic mass is 10.1. The summed E-state index contributed by atoms with van der Waals surface area (Å²) in [5.41, 5.74) is 7.93. The Hall–Kier alpha value is -1.66. The van der Waals surface area contributed by atoms with Crippen LogP contribution in [0, 0.1) is 0 Å². The van der Waals surface area contributed by atoms with Crippen LogP contribution >= 0.6 is 15.9 Å². The van der Waals surface area contributed by atoms with E-state index in [1.54, 1.807) is 35.6 Å². The Morgan fingerprint density at radius 3 is 3.06 bits per heavy atom. The Morgan fingerprint density at radius 2 is 2.29 bits per heavy atom. The summed E-state index contributed by atoms with van der Waals surface area (Å²) in [5, 5.41) is 4.22. The molecular formula is C11H9BrN4O. The second-order valence-electron chi connectivity index (χ2n) is 3.62. The Balaban J connectivity index is 2.13. The van der Waals surface area contributed by atoms with E-state index in [2.05, 4.69) is 26.0 Å². The minimum atomic E-state index is -0.360. The van der Waals surface area contributed by atoms with E-state index < -0.39 is 0 Å². The molecule has 0 saturated carbocycles. The molecule has 86 valence electrons. The number of fused-ring (bicyclic) bond motifs is 1. The predicted octanol–water partition coefficient (Wildman–Crippen LogP) is 2.13. The maximum atomic E-state index is 6.17. The first kappa shape index (κ1) is 10.5. The molecule has 3 heterocycles. The zero-order chi connectivity index (χ0) is 11.8. The summed E-state index contributed by atoms with van der Waals surface area (Å²) in [5.74, 6) is 0.684. The van der Waals surface area contributed by atoms with Crippen molar-refractivity contribution < 1.29 is 4.42 Å². The number of nitrogens with zero attached hydrogens (tertiary/aromatic N) is 3. The molecule has 0 aliphatic heterocycles. The molecular weight excluding hydrogens is 284 g/mol. The minimum absolute atomic E-state index is 0.360. The molecule has 5 nitrogen and oxygen atoms in total. The fourth-order valence-electron chi connectivity index (χ4n) is 1.76. The highest BCUT2D eigenvalue weighted by Crippen LogP contribution is 2.29. The van der Waals surface area contributed by atoms with Crippen molar-refractivity contribution >= 4 is 21.4 Å². The fourth-order valence-corrected chi connectivity index (χ4v) is 2.21. The van der Waals surface area contributed by atoms with Crippen LogP contribution in [0.1, 0.15) is 17.4 Å². The average Bonchev–Trinajstić information content (AvgIpc) is 2.94. The van der Waals surface area contributed by atoms with Crippen molar-refractivity contribution in [1.82, 2.24) is 14.6 Å². The van der Waals surface area contributed by atoms with Gasteiger partial charge >= 0.3 is 0 Å². The maximum Gasteiger partial charge on any atom is 0.139 e. The molecule has 0 amide bonds. The Morgan fingerprint density at radius 1 is 1.41 bits per heavy atom. The molecule has 1 unspecified atom stereocenters. The monoisotopic (exact) mass is 292 g/mol. The predicted molar refractivity (Wildman–Crippen MR) is 65.4 cm³/mol. The number of halogens is 1. The largest absolute Gasteiger partial charge is 0.466 e. The molecule has 3 rings (SSSR count). The average molecular weight is 293 g/mol. The topological polar surface area (TPSA) is 69.3 Å². The second kappa shape index (κ2) is 3.97. The van der Waals surface area contributed by atoms with Gasteiger partial charge in [-0.15, -0.1) is 0 Å². The molecule has 0 aliphatic rings. The van der Waals surface area contributed by atoms with E-state index >= 15 is 0 Å². The van der Waals surface area contributed by atoms with Gasteiger partial charge in [0, 0.05) is 18.0 Å². The quantitative estimate of drug-likeness (QED) is 0.786. The van der Waals surface area contributed by atoms with Crippen LogP contribution in [0.15, 0.2) is 46.0 Å². The van der Waals surface area contributed by atoms with Crippen LogP contribution in [0.5, 0.6) is 0 Å². The van der Waals surface area contributed by atoms with Gasteiger partial charge in [0.1, 0.15) is 5.76 Å². The number of rotatable bonds is 2. The zero-order valence-corrected chi connectivity index (χ0v) is 10.3. The van der Waals surface area contributed by atoms with E-state index in [1.165, 1.54) is 0 Å². The van der Waals surface area contributed by atoms with Crippen molar-refractivity contribution in [2.45, 2.75) is 6.04 Å². The molecule has 0 radical (unpaired) electrons. The summed E-state index contributed by atoms with van der Waals surface area (Å²) < 4.78 is 7.96. The van der Waals surface area contributed by atoms with Gasteiger partial charge in [0.05, 0.1) is 34.7 Å². The maximum absolute atomic E-state index is 6.17. The Bertz CT molecular complexity index is 660. The van der Waals surface area contributed by atoms with Gasteiger partial charge in [0.15, 0.2) is 0 Å². The van der Waals surface area contributed by atoms with Crippen LogP contribution in [0.3, 0.4) is 0 Å². The third-order valence-corrected chi connectivity index (χ3v) is 3.27. The van der Waals surface area contributed by atoms with Crippen LogP contribution in [-0.4, -0.2) is 14.6 Å². The zero-order valence-electron chi connectivity index (χ0n) is 8.75. The normalized spacial score (nSPS) is 13.1. The van der Waals surface area contributed by atoms with E-state index in [1.807, 2.05) is 6.07 Å². The van der Waals surface area contributed by atoms with Crippen molar-refractivity contribution in [1.29, 1.82) is 0 Å². The summed E-state index contributed by atoms with van der Waals surface area (Å²) in [6, 6.07) is 1.46. The van der Waals surface area contributed by atoms with E-state index in [0.717, 1.165) is 15.6 Å². The van der Waals surface area contributed by atoms with Crippen LogP contribution in [0.2, 0.25) is 0 Å². The number of aromatic nitrogens is 3. The number of hydrogen-bond donors (Lipinski definition) is 1. The number of furan rings is 1. The fraction of sp³-hybridized carbons (Fsp3) is 0.0909. The molecule has 0 aromatic carbocycles.